The van der Waals surface area contributed by atoms with E-state index in [9.17, 15) is 0 Å². The van der Waals surface area contributed by atoms with Gasteiger partial charge in [0, 0.05) is 57.1 Å². The maximum Gasteiger partial charge on any atom is 0.156 e. The van der Waals surface area contributed by atoms with Gasteiger partial charge in [-0.05, 0) is 75.1 Å². The third-order valence-corrected chi connectivity index (χ3v) is 14.5. The molecule has 68 heavy (non-hydrogen) atoms. The monoisotopic (exact) mass is 1080 g/mol. The summed E-state index contributed by atoms with van der Waals surface area (Å²) in [5.74, 6) is 1.29. The smallest absolute Gasteiger partial charge is 0.156 e. The fourth-order valence-corrected chi connectivity index (χ4v) is 10.4. The van der Waals surface area contributed by atoms with Gasteiger partial charge < -0.3 is 14.0 Å². The number of benzene rings is 7. The van der Waals surface area contributed by atoms with E-state index in [1.54, 1.807) is 0 Å². The van der Waals surface area contributed by atoms with Crippen LogP contribution in [-0.2, 0) is 26.5 Å². The average molecular weight is 1080 g/mol. The molecule has 5 nitrogen and oxygen atoms in total. The van der Waals surface area contributed by atoms with Gasteiger partial charge in [-0.3, -0.25) is 4.98 Å². The second-order valence-electron chi connectivity index (χ2n) is 18.8. The maximum atomic E-state index is 8.84. The second-order valence-corrected chi connectivity index (χ2v) is 23.8. The van der Waals surface area contributed by atoms with Crippen molar-refractivity contribution in [1.82, 2.24) is 19.5 Å². The zero-order valence-corrected chi connectivity index (χ0v) is 42.8. The SMILES string of the molecule is CC(C)c1cc(-c2ccccc2)cc(C(C)C)c1-n1c(-c2[c-]ccc3c2oc2ccccc23)nc2c3ccccc3cnc21.[2H]C([2H])(c1ccccc1)c1cc(-c2[c-]cccc2)ncc1[Si](C)(C)C.[Ir]. The normalized spacial score (nSPS) is 12.3. The zero-order chi connectivity index (χ0) is 48.0. The summed E-state index contributed by atoms with van der Waals surface area (Å²) in [5, 5.41) is 5.34. The van der Waals surface area contributed by atoms with Crippen molar-refractivity contribution in [3.8, 4) is 39.5 Å². The first-order chi connectivity index (χ1) is 33.3. The Morgan fingerprint density at radius 3 is 2.00 bits per heavy atom. The first kappa shape index (κ1) is 43.8. The van der Waals surface area contributed by atoms with Crippen molar-refractivity contribution in [1.29, 1.82) is 0 Å². The molecule has 0 amide bonds. The number of aromatic nitrogens is 4. The second kappa shape index (κ2) is 19.5. The molecular weight excluding hydrogens is 1030 g/mol. The molecule has 339 valence electrons. The van der Waals surface area contributed by atoms with E-state index in [4.69, 9.17) is 17.1 Å². The van der Waals surface area contributed by atoms with Crippen molar-refractivity contribution >= 4 is 57.1 Å². The number of furan rings is 1. The van der Waals surface area contributed by atoms with E-state index in [1.165, 1.54) is 22.3 Å². The Labute approximate surface area is 417 Å². The van der Waals surface area contributed by atoms with Gasteiger partial charge in [-0.15, -0.1) is 54.1 Å². The summed E-state index contributed by atoms with van der Waals surface area (Å²) < 4.78 is 26.5. The molecule has 4 heterocycles. The van der Waals surface area contributed by atoms with Crippen LogP contribution in [0.4, 0.5) is 0 Å². The van der Waals surface area contributed by atoms with Crippen LogP contribution in [0.5, 0.6) is 0 Å². The average Bonchev–Trinajstić information content (AvgIpc) is 3.96. The summed E-state index contributed by atoms with van der Waals surface area (Å²) in [6.45, 7) is 15.8. The Kier molecular flexibility index (Phi) is 12.5. The topological polar surface area (TPSA) is 56.7 Å². The van der Waals surface area contributed by atoms with E-state index < -0.39 is 14.4 Å². The van der Waals surface area contributed by atoms with E-state index in [2.05, 4.69) is 148 Å². The summed E-state index contributed by atoms with van der Waals surface area (Å²) >= 11 is 0. The molecule has 0 saturated heterocycles. The third-order valence-electron chi connectivity index (χ3n) is 12.5. The van der Waals surface area contributed by atoms with Gasteiger partial charge in [-0.25, -0.2) is 4.98 Å². The van der Waals surface area contributed by atoms with Crippen LogP contribution in [0, 0.1) is 12.1 Å². The van der Waals surface area contributed by atoms with Gasteiger partial charge in [-0.2, -0.15) is 0 Å². The molecule has 11 aromatic rings. The third kappa shape index (κ3) is 9.02. The molecule has 0 unspecified atom stereocenters. The Morgan fingerprint density at radius 2 is 1.31 bits per heavy atom. The molecular formula is C61H54IrN4OSi-2. The molecule has 0 aliphatic rings. The molecule has 0 N–H and O–H groups in total. The largest absolute Gasteiger partial charge is 0.501 e. The summed E-state index contributed by atoms with van der Waals surface area (Å²) in [6, 6.07) is 61.7. The fourth-order valence-electron chi connectivity index (χ4n) is 9.05. The Balaban J connectivity index is 0.000000200. The van der Waals surface area contributed by atoms with Gasteiger partial charge in [0.15, 0.2) is 5.65 Å². The number of fused-ring (bicyclic) bond motifs is 6. The van der Waals surface area contributed by atoms with Crippen LogP contribution in [0.1, 0.15) is 64.5 Å². The number of para-hydroxylation sites is 1. The summed E-state index contributed by atoms with van der Waals surface area (Å²) in [7, 11) is -1.76. The van der Waals surface area contributed by atoms with Crippen LogP contribution < -0.4 is 5.19 Å². The molecule has 0 aliphatic heterocycles. The predicted octanol–water partition coefficient (Wildman–Crippen LogP) is 15.5. The minimum absolute atomic E-state index is 0. The minimum Gasteiger partial charge on any atom is -0.501 e. The van der Waals surface area contributed by atoms with Crippen molar-refractivity contribution in [2.75, 3.05) is 0 Å². The number of imidazole rings is 1. The predicted molar refractivity (Wildman–Crippen MR) is 282 cm³/mol. The van der Waals surface area contributed by atoms with Crippen molar-refractivity contribution in [2.24, 2.45) is 0 Å². The van der Waals surface area contributed by atoms with E-state index in [-0.39, 0.29) is 31.9 Å². The van der Waals surface area contributed by atoms with Crippen LogP contribution in [0.25, 0.3) is 83.3 Å². The molecule has 7 heteroatoms. The van der Waals surface area contributed by atoms with E-state index in [0.29, 0.717) is 5.56 Å². The Bertz CT molecular complexity index is 3610. The number of hydrogen-bond donors (Lipinski definition) is 0. The van der Waals surface area contributed by atoms with Crippen molar-refractivity contribution in [2.45, 2.75) is 65.5 Å². The molecule has 0 saturated carbocycles. The van der Waals surface area contributed by atoms with E-state index >= 15 is 0 Å². The maximum absolute atomic E-state index is 8.84. The van der Waals surface area contributed by atoms with Crippen LogP contribution in [0.2, 0.25) is 19.6 Å². The standard InChI is InChI=1S/C40H32N3O.C21H22NSi.Ir/c1-24(2)33-21-28(26-13-6-5-7-14-26)22-34(25(3)4)37(33)43-39(42-36-29-16-9-8-15-27(29)23-41-40(36)43)32-19-12-18-31-30-17-10-11-20-35(30)44-38(31)32;1-23(2,3)21-16-22-20(18-12-8-5-9-13-18)15-19(21)14-17-10-6-4-7-11-17;/h5-18,20-25H,1-4H3;4-12,15-16H,14H2,1-3H3;/q2*-1;/i;14D2;. The summed E-state index contributed by atoms with van der Waals surface area (Å²) in [6.07, 6.45) is 2.27. The van der Waals surface area contributed by atoms with Gasteiger partial charge >= 0.3 is 0 Å². The summed E-state index contributed by atoms with van der Waals surface area (Å²) in [4.78, 5) is 15.1. The van der Waals surface area contributed by atoms with Gasteiger partial charge in [-0.1, -0.05) is 173 Å². The zero-order valence-electron chi connectivity index (χ0n) is 41.4. The van der Waals surface area contributed by atoms with Crippen LogP contribution >= 0.6 is 0 Å². The van der Waals surface area contributed by atoms with Gasteiger partial charge in [0.2, 0.25) is 0 Å². The Morgan fingerprint density at radius 1 is 0.647 bits per heavy atom. The van der Waals surface area contributed by atoms with E-state index in [0.717, 1.165) is 83.0 Å². The van der Waals surface area contributed by atoms with Gasteiger partial charge in [0.1, 0.15) is 11.1 Å². The first-order valence-electron chi connectivity index (χ1n) is 24.2. The van der Waals surface area contributed by atoms with Crippen LogP contribution in [0.3, 0.4) is 0 Å². The number of pyridine rings is 2. The quantitative estimate of drug-likeness (QED) is 0.107. The molecule has 0 fully saturated rings. The van der Waals surface area contributed by atoms with Crippen molar-refractivity contribution < 1.29 is 27.3 Å². The van der Waals surface area contributed by atoms with E-state index in [1.807, 2.05) is 97.3 Å². The first-order valence-corrected chi connectivity index (χ1v) is 26.7. The fraction of sp³-hybridized carbons (Fsp3) is 0.164. The molecule has 1 radical (unpaired) electrons. The van der Waals surface area contributed by atoms with Crippen molar-refractivity contribution in [3.63, 3.8) is 0 Å². The molecule has 0 atom stereocenters. The number of rotatable bonds is 9. The van der Waals surface area contributed by atoms with Crippen LogP contribution in [-0.4, -0.2) is 27.6 Å². The molecule has 0 aliphatic carbocycles. The molecule has 11 rings (SSSR count). The molecule has 0 bridgehead atoms. The van der Waals surface area contributed by atoms with Crippen molar-refractivity contribution in [3.05, 3.63) is 211 Å². The van der Waals surface area contributed by atoms with Gasteiger partial charge in [0.25, 0.3) is 0 Å². The molecule has 7 aromatic carbocycles. The minimum atomic E-state index is -1.76. The molecule has 4 aromatic heterocycles. The van der Waals surface area contributed by atoms with Gasteiger partial charge in [0.05, 0.1) is 19.5 Å². The van der Waals surface area contributed by atoms with Crippen LogP contribution in [0.15, 0.2) is 181 Å². The summed E-state index contributed by atoms with van der Waals surface area (Å²) in [5.41, 5.74) is 13.3. The number of hydrogen-bond acceptors (Lipinski definition) is 4. The molecule has 0 spiro atoms. The number of nitrogens with zero attached hydrogens (tertiary/aromatic N) is 4. The Hall–Kier alpha value is -6.76.